The fourth-order valence-electron chi connectivity index (χ4n) is 6.44. The molecule has 40 heavy (non-hydrogen) atoms. The molecule has 1 amide bonds. The second-order valence-electron chi connectivity index (χ2n) is 11.3. The molecule has 3 aliphatic rings. The number of carbonyl (C=O) groups is 2. The third-order valence-electron chi connectivity index (χ3n) is 8.61. The van der Waals surface area contributed by atoms with Crippen molar-refractivity contribution in [1.82, 2.24) is 9.47 Å². The molecule has 0 spiro atoms. The number of aromatic nitrogens is 1. The van der Waals surface area contributed by atoms with Crippen LogP contribution >= 0.6 is 0 Å². The van der Waals surface area contributed by atoms with Gasteiger partial charge in [-0.05, 0) is 56.2 Å². The standard InChI is InChI=1S/C32H34FN3O4/c1-19-6-8-21(9-7-19)10-13-28(38)25-17-36(23-11-12-23)29-24(31(25)39)15-26(33)30(32(29)40-3)34-16-22-5-4-14-35(20(2)37)27(22)18-34/h6-10,13,15,17,22-23,27H,4-5,11-12,14,16,18H2,1-3H3/b13-10+. The van der Waals surface area contributed by atoms with Crippen molar-refractivity contribution in [3.05, 3.63) is 75.3 Å². The quantitative estimate of drug-likeness (QED) is 0.318. The second kappa shape index (κ2) is 10.2. The van der Waals surface area contributed by atoms with Crippen molar-refractivity contribution in [2.45, 2.75) is 51.6 Å². The van der Waals surface area contributed by atoms with Crippen molar-refractivity contribution in [3.8, 4) is 5.75 Å². The molecule has 2 atom stereocenters. The van der Waals surface area contributed by atoms with Gasteiger partial charge in [-0.3, -0.25) is 14.4 Å². The summed E-state index contributed by atoms with van der Waals surface area (Å²) >= 11 is 0. The van der Waals surface area contributed by atoms with Crippen molar-refractivity contribution in [2.24, 2.45) is 5.92 Å². The molecule has 7 nitrogen and oxygen atoms in total. The number of fused-ring (bicyclic) bond motifs is 2. The number of rotatable bonds is 6. The van der Waals surface area contributed by atoms with E-state index in [2.05, 4.69) is 0 Å². The monoisotopic (exact) mass is 543 g/mol. The summed E-state index contributed by atoms with van der Waals surface area (Å²) in [6.45, 7) is 5.42. The Bertz CT molecular complexity index is 1590. The van der Waals surface area contributed by atoms with Crippen LogP contribution in [-0.2, 0) is 4.79 Å². The number of allylic oxidation sites excluding steroid dienone is 1. The van der Waals surface area contributed by atoms with Gasteiger partial charge in [0.15, 0.2) is 17.3 Å². The van der Waals surface area contributed by atoms with Crippen LogP contribution in [0.15, 0.2) is 47.4 Å². The van der Waals surface area contributed by atoms with Gasteiger partial charge < -0.3 is 19.1 Å². The van der Waals surface area contributed by atoms with Crippen LogP contribution in [0, 0.1) is 18.7 Å². The van der Waals surface area contributed by atoms with Crippen LogP contribution in [0.5, 0.6) is 5.75 Å². The summed E-state index contributed by atoms with van der Waals surface area (Å²) in [5.41, 5.74) is 2.32. The Morgan fingerprint density at radius 2 is 1.85 bits per heavy atom. The zero-order valence-corrected chi connectivity index (χ0v) is 23.2. The molecule has 3 aromatic rings. The van der Waals surface area contributed by atoms with Gasteiger partial charge in [0.25, 0.3) is 0 Å². The molecular formula is C32H34FN3O4. The maximum Gasteiger partial charge on any atom is 0.219 e. The lowest BCUT2D eigenvalue weighted by Gasteiger charge is -2.36. The number of halogens is 1. The second-order valence-corrected chi connectivity index (χ2v) is 11.3. The van der Waals surface area contributed by atoms with Crippen LogP contribution in [-0.4, -0.2) is 53.9 Å². The Morgan fingerprint density at radius 3 is 2.52 bits per heavy atom. The van der Waals surface area contributed by atoms with Crippen LogP contribution in [0.3, 0.4) is 0 Å². The minimum absolute atomic E-state index is 0.0151. The van der Waals surface area contributed by atoms with E-state index in [1.54, 1.807) is 19.2 Å². The van der Waals surface area contributed by atoms with Gasteiger partial charge in [0, 0.05) is 38.8 Å². The summed E-state index contributed by atoms with van der Waals surface area (Å²) in [6.07, 6.45) is 8.44. The molecule has 2 saturated heterocycles. The summed E-state index contributed by atoms with van der Waals surface area (Å²) in [6, 6.07) is 9.13. The highest BCUT2D eigenvalue weighted by atomic mass is 19.1. The molecule has 0 bridgehead atoms. The minimum atomic E-state index is -0.559. The zero-order valence-electron chi connectivity index (χ0n) is 23.2. The van der Waals surface area contributed by atoms with E-state index in [0.29, 0.717) is 30.0 Å². The number of anilines is 1. The summed E-state index contributed by atoms with van der Waals surface area (Å²) in [5, 5.41) is 0.140. The number of ketones is 1. The van der Waals surface area contributed by atoms with Gasteiger partial charge in [-0.2, -0.15) is 0 Å². The number of hydrogen-bond acceptors (Lipinski definition) is 5. The van der Waals surface area contributed by atoms with Crippen molar-refractivity contribution in [1.29, 1.82) is 0 Å². The van der Waals surface area contributed by atoms with E-state index < -0.39 is 17.0 Å². The Balaban J connectivity index is 1.43. The normalized spacial score (nSPS) is 20.8. The maximum absolute atomic E-state index is 16.0. The topological polar surface area (TPSA) is 71.8 Å². The number of carbonyl (C=O) groups excluding carboxylic acids is 2. The molecule has 1 saturated carbocycles. The lowest BCUT2D eigenvalue weighted by atomic mass is 9.92. The van der Waals surface area contributed by atoms with Gasteiger partial charge in [-0.1, -0.05) is 35.9 Å². The number of pyridine rings is 1. The highest BCUT2D eigenvalue weighted by Crippen LogP contribution is 2.45. The summed E-state index contributed by atoms with van der Waals surface area (Å²) in [7, 11) is 1.49. The van der Waals surface area contributed by atoms with E-state index in [-0.39, 0.29) is 34.9 Å². The molecule has 3 fully saturated rings. The highest BCUT2D eigenvalue weighted by Gasteiger charge is 2.42. The van der Waals surface area contributed by atoms with Gasteiger partial charge >= 0.3 is 0 Å². The molecule has 1 aliphatic carbocycles. The predicted octanol–water partition coefficient (Wildman–Crippen LogP) is 5.14. The predicted molar refractivity (Wildman–Crippen MR) is 154 cm³/mol. The summed E-state index contributed by atoms with van der Waals surface area (Å²) in [5.74, 6) is -0.377. The average Bonchev–Trinajstić information content (AvgIpc) is 3.69. The zero-order chi connectivity index (χ0) is 28.1. The first kappa shape index (κ1) is 26.3. The largest absolute Gasteiger partial charge is 0.492 e. The van der Waals surface area contributed by atoms with Gasteiger partial charge in [0.2, 0.25) is 11.3 Å². The van der Waals surface area contributed by atoms with Crippen LogP contribution in [0.4, 0.5) is 10.1 Å². The van der Waals surface area contributed by atoms with E-state index in [0.717, 1.165) is 43.4 Å². The summed E-state index contributed by atoms with van der Waals surface area (Å²) in [4.78, 5) is 43.0. The van der Waals surface area contributed by atoms with Crippen molar-refractivity contribution in [3.63, 3.8) is 0 Å². The lowest BCUT2D eigenvalue weighted by Crippen LogP contribution is -2.47. The van der Waals surface area contributed by atoms with E-state index in [1.807, 2.05) is 45.6 Å². The van der Waals surface area contributed by atoms with Crippen LogP contribution in [0.2, 0.25) is 0 Å². The number of piperidine rings is 1. The van der Waals surface area contributed by atoms with E-state index >= 15 is 4.39 Å². The summed E-state index contributed by atoms with van der Waals surface area (Å²) < 4.78 is 23.7. The Morgan fingerprint density at radius 1 is 1.10 bits per heavy atom. The van der Waals surface area contributed by atoms with Gasteiger partial charge in [0.1, 0.15) is 5.69 Å². The lowest BCUT2D eigenvalue weighted by molar-refractivity contribution is -0.132. The van der Waals surface area contributed by atoms with Crippen molar-refractivity contribution >= 4 is 34.4 Å². The molecule has 0 radical (unpaired) electrons. The molecule has 0 N–H and O–H groups in total. The molecule has 208 valence electrons. The number of amides is 1. The van der Waals surface area contributed by atoms with Gasteiger partial charge in [-0.15, -0.1) is 0 Å². The molecule has 2 aliphatic heterocycles. The molecule has 3 heterocycles. The third kappa shape index (κ3) is 4.59. The van der Waals surface area contributed by atoms with Crippen LogP contribution in [0.25, 0.3) is 17.0 Å². The molecule has 6 rings (SSSR count). The fourth-order valence-corrected chi connectivity index (χ4v) is 6.44. The van der Waals surface area contributed by atoms with Crippen LogP contribution in [0.1, 0.15) is 60.1 Å². The minimum Gasteiger partial charge on any atom is -0.492 e. The molecular weight excluding hydrogens is 509 g/mol. The SMILES string of the molecule is COc1c(N2CC3CCCN(C(C)=O)C3C2)c(F)cc2c(=O)c(C(=O)/C=C/c3ccc(C)cc3)cn(C3CC3)c12. The smallest absolute Gasteiger partial charge is 0.219 e. The highest BCUT2D eigenvalue weighted by molar-refractivity contribution is 6.08. The fraction of sp³-hybridized carbons (Fsp3) is 0.406. The maximum atomic E-state index is 16.0. The third-order valence-corrected chi connectivity index (χ3v) is 8.61. The molecule has 2 aromatic carbocycles. The Hall–Kier alpha value is -3.94. The number of benzene rings is 2. The van der Waals surface area contributed by atoms with Gasteiger partial charge in [0.05, 0.1) is 29.6 Å². The molecule has 2 unspecified atom stereocenters. The van der Waals surface area contributed by atoms with E-state index in [4.69, 9.17) is 4.74 Å². The van der Waals surface area contributed by atoms with Crippen molar-refractivity contribution < 1.29 is 18.7 Å². The number of likely N-dealkylation sites (tertiary alicyclic amines) is 1. The Labute approximate surface area is 232 Å². The first-order valence-electron chi connectivity index (χ1n) is 14.0. The van der Waals surface area contributed by atoms with Crippen molar-refractivity contribution in [2.75, 3.05) is 31.6 Å². The first-order valence-corrected chi connectivity index (χ1v) is 14.0. The van der Waals surface area contributed by atoms with Gasteiger partial charge in [-0.25, -0.2) is 4.39 Å². The number of hydrogen-bond donors (Lipinski definition) is 0. The number of methoxy groups -OCH3 is 1. The molecule has 8 heteroatoms. The van der Waals surface area contributed by atoms with E-state index in [9.17, 15) is 14.4 Å². The number of aryl methyl sites for hydroxylation is 1. The first-order chi connectivity index (χ1) is 19.3. The van der Waals surface area contributed by atoms with E-state index in [1.165, 1.54) is 19.3 Å². The Kier molecular flexibility index (Phi) is 6.72. The van der Waals surface area contributed by atoms with Crippen LogP contribution < -0.4 is 15.1 Å². The average molecular weight is 544 g/mol. The molecule has 1 aromatic heterocycles. The number of nitrogens with zero attached hydrogens (tertiary/aromatic N) is 3. The number of ether oxygens (including phenoxy) is 1.